The van der Waals surface area contributed by atoms with Crippen molar-refractivity contribution in [2.45, 2.75) is 64.8 Å². The summed E-state index contributed by atoms with van der Waals surface area (Å²) in [6.45, 7) is 10.2. The molecule has 82 valence electrons. The minimum atomic E-state index is 0.395. The van der Waals surface area contributed by atoms with E-state index < -0.39 is 0 Å². The maximum absolute atomic E-state index is 5.95. The Morgan fingerprint density at radius 3 is 2.29 bits per heavy atom. The maximum Gasteiger partial charge on any atom is 0.0634 e. The monoisotopic (exact) mass is 197 g/mol. The van der Waals surface area contributed by atoms with Crippen molar-refractivity contribution in [2.24, 2.45) is 5.92 Å². The number of piperidine rings is 1. The molecule has 1 saturated carbocycles. The van der Waals surface area contributed by atoms with Crippen LogP contribution in [-0.4, -0.2) is 35.7 Å². The Balaban J connectivity index is 1.90. The molecule has 1 heterocycles. The first-order valence-corrected chi connectivity index (χ1v) is 5.99. The molecular formula is C12H23NO. The summed E-state index contributed by atoms with van der Waals surface area (Å²) in [4.78, 5) is 2.64. The van der Waals surface area contributed by atoms with Crippen LogP contribution in [0.4, 0.5) is 0 Å². The normalized spacial score (nSPS) is 37.7. The molecule has 0 aromatic carbocycles. The Labute approximate surface area is 87.6 Å². The quantitative estimate of drug-likeness (QED) is 0.688. The van der Waals surface area contributed by atoms with Gasteiger partial charge in [0.05, 0.1) is 12.2 Å². The highest BCUT2D eigenvalue weighted by Gasteiger charge is 2.45. The van der Waals surface area contributed by atoms with Crippen molar-refractivity contribution >= 4 is 0 Å². The number of nitrogens with zero attached hydrogens (tertiary/aromatic N) is 1. The van der Waals surface area contributed by atoms with Gasteiger partial charge in [0.25, 0.3) is 0 Å². The van der Waals surface area contributed by atoms with E-state index in [4.69, 9.17) is 4.74 Å². The van der Waals surface area contributed by atoms with Crippen molar-refractivity contribution in [3.8, 4) is 0 Å². The third-order valence-corrected chi connectivity index (χ3v) is 3.63. The molecule has 0 spiro atoms. The summed E-state index contributed by atoms with van der Waals surface area (Å²) in [7, 11) is 0. The summed E-state index contributed by atoms with van der Waals surface area (Å²) in [6, 6.07) is 1.52. The number of ether oxygens (including phenoxy) is 1. The fourth-order valence-corrected chi connectivity index (χ4v) is 3.09. The minimum Gasteiger partial charge on any atom is -0.375 e. The summed E-state index contributed by atoms with van der Waals surface area (Å²) in [6.07, 6.45) is 3.58. The molecule has 2 nitrogen and oxygen atoms in total. The zero-order valence-electron chi connectivity index (χ0n) is 9.86. The summed E-state index contributed by atoms with van der Waals surface area (Å²) in [5, 5.41) is 0. The van der Waals surface area contributed by atoms with E-state index >= 15 is 0 Å². The smallest absolute Gasteiger partial charge is 0.0634 e. The Morgan fingerprint density at radius 2 is 1.86 bits per heavy atom. The molecule has 0 amide bonds. The molecule has 0 N–H and O–H groups in total. The van der Waals surface area contributed by atoms with Crippen molar-refractivity contribution in [2.75, 3.05) is 6.54 Å². The second-order valence-corrected chi connectivity index (χ2v) is 5.40. The fraction of sp³-hybridized carbons (Fsp3) is 1.00. The Morgan fingerprint density at radius 1 is 1.14 bits per heavy atom. The average Bonchev–Trinajstić information content (AvgIpc) is 2.60. The van der Waals surface area contributed by atoms with E-state index in [0.717, 1.165) is 12.0 Å². The number of likely N-dealkylation sites (tertiary alicyclic amines) is 1. The standard InChI is InChI=1S/C12H23NO/c1-8(2)13-7-10-5-11(13)6-12(10)14-9(3)4/h8-12H,5-7H2,1-4H3. The van der Waals surface area contributed by atoms with Gasteiger partial charge < -0.3 is 4.74 Å². The van der Waals surface area contributed by atoms with Crippen molar-refractivity contribution in [3.05, 3.63) is 0 Å². The van der Waals surface area contributed by atoms with Crippen LogP contribution in [0.5, 0.6) is 0 Å². The van der Waals surface area contributed by atoms with Crippen molar-refractivity contribution in [3.63, 3.8) is 0 Å². The Kier molecular flexibility index (Phi) is 2.85. The molecule has 1 aliphatic carbocycles. The van der Waals surface area contributed by atoms with Crippen molar-refractivity contribution in [1.29, 1.82) is 0 Å². The zero-order valence-corrected chi connectivity index (χ0v) is 9.86. The Bertz CT molecular complexity index is 202. The number of rotatable bonds is 3. The van der Waals surface area contributed by atoms with Gasteiger partial charge in [0.15, 0.2) is 0 Å². The van der Waals surface area contributed by atoms with E-state index in [1.165, 1.54) is 19.4 Å². The summed E-state index contributed by atoms with van der Waals surface area (Å²) in [5.74, 6) is 0.810. The lowest BCUT2D eigenvalue weighted by Crippen LogP contribution is -2.42. The van der Waals surface area contributed by atoms with Gasteiger partial charge in [-0.2, -0.15) is 0 Å². The van der Waals surface area contributed by atoms with Gasteiger partial charge in [-0.05, 0) is 46.5 Å². The van der Waals surface area contributed by atoms with Gasteiger partial charge in [0.1, 0.15) is 0 Å². The molecule has 3 unspecified atom stereocenters. The van der Waals surface area contributed by atoms with Gasteiger partial charge in [-0.15, -0.1) is 0 Å². The molecular weight excluding hydrogens is 174 g/mol. The van der Waals surface area contributed by atoms with Crippen LogP contribution in [0, 0.1) is 5.92 Å². The van der Waals surface area contributed by atoms with Crippen LogP contribution in [0.15, 0.2) is 0 Å². The largest absolute Gasteiger partial charge is 0.375 e. The van der Waals surface area contributed by atoms with Crippen LogP contribution < -0.4 is 0 Å². The maximum atomic E-state index is 5.95. The SMILES string of the molecule is CC(C)OC1CC2CC1CN2C(C)C. The molecule has 2 bridgehead atoms. The van der Waals surface area contributed by atoms with Crippen molar-refractivity contribution in [1.82, 2.24) is 4.90 Å². The van der Waals surface area contributed by atoms with Gasteiger partial charge >= 0.3 is 0 Å². The molecule has 3 atom stereocenters. The fourth-order valence-electron chi connectivity index (χ4n) is 3.09. The predicted octanol–water partition coefficient (Wildman–Crippen LogP) is 2.28. The molecule has 1 saturated heterocycles. The first kappa shape index (κ1) is 10.4. The number of fused-ring (bicyclic) bond motifs is 2. The van der Waals surface area contributed by atoms with E-state index in [-0.39, 0.29) is 0 Å². The topological polar surface area (TPSA) is 12.5 Å². The second-order valence-electron chi connectivity index (χ2n) is 5.40. The summed E-state index contributed by atoms with van der Waals surface area (Å²) >= 11 is 0. The van der Waals surface area contributed by atoms with Crippen LogP contribution in [0.2, 0.25) is 0 Å². The van der Waals surface area contributed by atoms with Crippen LogP contribution in [0.25, 0.3) is 0 Å². The highest BCUT2D eigenvalue weighted by atomic mass is 16.5. The third kappa shape index (κ3) is 1.82. The lowest BCUT2D eigenvalue weighted by Gasteiger charge is -2.34. The first-order chi connectivity index (χ1) is 6.58. The van der Waals surface area contributed by atoms with Gasteiger partial charge in [-0.3, -0.25) is 4.90 Å². The molecule has 1 aliphatic heterocycles. The van der Waals surface area contributed by atoms with Crippen molar-refractivity contribution < 1.29 is 4.74 Å². The lowest BCUT2D eigenvalue weighted by atomic mass is 10.0. The number of hydrogen-bond acceptors (Lipinski definition) is 2. The predicted molar refractivity (Wildman–Crippen MR) is 58.4 cm³/mol. The summed E-state index contributed by atoms with van der Waals surface area (Å²) < 4.78 is 5.95. The van der Waals surface area contributed by atoms with E-state index in [9.17, 15) is 0 Å². The highest BCUT2D eigenvalue weighted by molar-refractivity contribution is 4.99. The van der Waals surface area contributed by atoms with E-state index in [2.05, 4.69) is 32.6 Å². The van der Waals surface area contributed by atoms with Crippen LogP contribution in [0.1, 0.15) is 40.5 Å². The van der Waals surface area contributed by atoms with Crippen LogP contribution in [0.3, 0.4) is 0 Å². The molecule has 2 fully saturated rings. The van der Waals surface area contributed by atoms with E-state index in [1.54, 1.807) is 0 Å². The second kappa shape index (κ2) is 3.82. The third-order valence-electron chi connectivity index (χ3n) is 3.63. The zero-order chi connectivity index (χ0) is 10.3. The molecule has 2 rings (SSSR count). The molecule has 2 heteroatoms. The molecule has 2 aliphatic rings. The first-order valence-electron chi connectivity index (χ1n) is 5.99. The average molecular weight is 197 g/mol. The van der Waals surface area contributed by atoms with Gasteiger partial charge in [0.2, 0.25) is 0 Å². The van der Waals surface area contributed by atoms with Crippen LogP contribution in [-0.2, 0) is 4.74 Å². The van der Waals surface area contributed by atoms with Gasteiger partial charge in [-0.1, -0.05) is 0 Å². The van der Waals surface area contributed by atoms with Crippen LogP contribution >= 0.6 is 0 Å². The number of hydrogen-bond donors (Lipinski definition) is 0. The molecule has 0 aromatic heterocycles. The highest BCUT2D eigenvalue weighted by Crippen LogP contribution is 2.40. The minimum absolute atomic E-state index is 0.395. The van der Waals surface area contributed by atoms with E-state index in [1.807, 2.05) is 0 Å². The summed E-state index contributed by atoms with van der Waals surface area (Å²) in [5.41, 5.74) is 0. The molecule has 14 heavy (non-hydrogen) atoms. The van der Waals surface area contributed by atoms with E-state index in [0.29, 0.717) is 18.2 Å². The Hall–Kier alpha value is -0.0800. The molecule has 0 radical (unpaired) electrons. The van der Waals surface area contributed by atoms with Gasteiger partial charge in [0, 0.05) is 18.6 Å². The molecule has 0 aromatic rings. The van der Waals surface area contributed by atoms with Gasteiger partial charge in [-0.25, -0.2) is 0 Å². The lowest BCUT2D eigenvalue weighted by molar-refractivity contribution is -0.0378.